The van der Waals surface area contributed by atoms with Gasteiger partial charge in [0.15, 0.2) is 21.3 Å². The van der Waals surface area contributed by atoms with Crippen molar-refractivity contribution >= 4 is 26.5 Å². The first-order valence-corrected chi connectivity index (χ1v) is 20.6. The standard InChI is InChI=1S/C42H36F7N7O4S/c1-40(2,58)11-10-26-8-9-29(30-6-5-7-31-34(52-55(4)37(30)31)21-61(59,60)28-18-50-54(3)20-28)36(51-26)23(12-22-13-24(43)16-25(44)14-22)15-27(57)19-56-39-35(38(53-56)42(47,48)49)32-17-33(32)41(39,45)46/h5-9,13-14,16,18,20,23,32-33,58H,12,15,17,19,21H2,1-4H3/t23-,32+,33-/m1/s1. The zero-order valence-electron chi connectivity index (χ0n) is 32.9. The summed E-state index contributed by atoms with van der Waals surface area (Å²) in [7, 11) is -0.745. The van der Waals surface area contributed by atoms with E-state index in [4.69, 9.17) is 4.98 Å². The minimum Gasteiger partial charge on any atom is -0.378 e. The molecule has 2 aliphatic rings. The predicted octanol–water partition coefficient (Wildman–Crippen LogP) is 7.15. The lowest BCUT2D eigenvalue weighted by Crippen LogP contribution is -2.24. The molecule has 0 bridgehead atoms. The van der Waals surface area contributed by atoms with Crippen LogP contribution in [0.2, 0.25) is 0 Å². The molecule has 61 heavy (non-hydrogen) atoms. The van der Waals surface area contributed by atoms with Gasteiger partial charge in [-0.05, 0) is 68.4 Å². The maximum Gasteiger partial charge on any atom is 0.435 e. The fourth-order valence-electron chi connectivity index (χ4n) is 8.24. The Morgan fingerprint density at radius 3 is 2.41 bits per heavy atom. The monoisotopic (exact) mass is 867 g/mol. The zero-order chi connectivity index (χ0) is 44.0. The highest BCUT2D eigenvalue weighted by Gasteiger charge is 2.68. The summed E-state index contributed by atoms with van der Waals surface area (Å²) in [5, 5.41) is 22.8. The van der Waals surface area contributed by atoms with Gasteiger partial charge in [-0.25, -0.2) is 22.2 Å². The Hall–Kier alpha value is -5.87. The van der Waals surface area contributed by atoms with Crippen LogP contribution in [0, 0.1) is 29.4 Å². The highest BCUT2D eigenvalue weighted by Crippen LogP contribution is 2.68. The van der Waals surface area contributed by atoms with Crippen LogP contribution in [0.3, 0.4) is 0 Å². The van der Waals surface area contributed by atoms with Gasteiger partial charge in [-0.15, -0.1) is 0 Å². The highest BCUT2D eigenvalue weighted by molar-refractivity contribution is 7.90. The fraction of sp³-hybridized carbons (Fsp3) is 0.357. The molecule has 1 fully saturated rings. The normalized spacial score (nSPS) is 17.5. The molecule has 8 rings (SSSR count). The van der Waals surface area contributed by atoms with Crippen LogP contribution in [-0.4, -0.2) is 59.2 Å². The second kappa shape index (κ2) is 14.6. The van der Waals surface area contributed by atoms with Gasteiger partial charge in [0, 0.05) is 66.7 Å². The van der Waals surface area contributed by atoms with E-state index in [-0.39, 0.29) is 40.4 Å². The van der Waals surface area contributed by atoms with E-state index in [2.05, 4.69) is 27.1 Å². The SMILES string of the molecule is Cn1cc(S(=O)(=O)Cc2nn(C)c3c(-c4ccc(C#CC(C)(C)O)nc4[C@@H](CC(=O)Cn4nc(C(F)(F)F)c5c4C(F)(F)[C@@H]4C[C@H]54)Cc4cc(F)cc(F)c4)cccc23)cn1. The summed E-state index contributed by atoms with van der Waals surface area (Å²) in [5.41, 5.74) is -2.80. The topological polar surface area (TPSA) is 138 Å². The van der Waals surface area contributed by atoms with Crippen molar-refractivity contribution in [1.29, 1.82) is 0 Å². The van der Waals surface area contributed by atoms with E-state index in [0.717, 1.165) is 12.1 Å². The molecule has 2 aromatic carbocycles. The van der Waals surface area contributed by atoms with E-state index in [0.29, 0.717) is 32.8 Å². The maximum absolute atomic E-state index is 15.5. The van der Waals surface area contributed by atoms with Gasteiger partial charge >= 0.3 is 6.18 Å². The van der Waals surface area contributed by atoms with Crippen LogP contribution in [0.5, 0.6) is 0 Å². The number of fused-ring (bicyclic) bond motifs is 4. The second-order valence-electron chi connectivity index (χ2n) is 16.1. The number of aliphatic hydroxyl groups is 1. The zero-order valence-corrected chi connectivity index (χ0v) is 33.7. The van der Waals surface area contributed by atoms with Gasteiger partial charge in [0.05, 0.1) is 28.9 Å². The number of rotatable bonds is 11. The van der Waals surface area contributed by atoms with Crippen LogP contribution in [0.25, 0.3) is 22.0 Å². The molecule has 3 atom stereocenters. The molecule has 1 N–H and O–H groups in total. The lowest BCUT2D eigenvalue weighted by Gasteiger charge is -2.21. The summed E-state index contributed by atoms with van der Waals surface area (Å²) in [6.07, 6.45) is -3.46. The number of Topliss-reactive ketones (excluding diaryl/α,β-unsaturated/α-hetero) is 1. The number of para-hydroxylation sites is 1. The summed E-state index contributed by atoms with van der Waals surface area (Å²) in [4.78, 5) is 18.9. The van der Waals surface area contributed by atoms with E-state index in [1.165, 1.54) is 41.7 Å². The molecule has 0 amide bonds. The van der Waals surface area contributed by atoms with Gasteiger partial charge in [0.1, 0.15) is 40.1 Å². The summed E-state index contributed by atoms with van der Waals surface area (Å²) in [6, 6.07) is 10.9. The molecule has 0 aliphatic heterocycles. The van der Waals surface area contributed by atoms with Crippen molar-refractivity contribution in [3.63, 3.8) is 0 Å². The number of hydrogen-bond donors (Lipinski definition) is 1. The van der Waals surface area contributed by atoms with Gasteiger partial charge < -0.3 is 5.11 Å². The first-order chi connectivity index (χ1) is 28.5. The molecule has 0 unspecified atom stereocenters. The molecule has 19 heteroatoms. The molecule has 4 aromatic heterocycles. The lowest BCUT2D eigenvalue weighted by molar-refractivity contribution is -0.142. The lowest BCUT2D eigenvalue weighted by atomic mass is 9.86. The van der Waals surface area contributed by atoms with E-state index < -0.39 is 98.4 Å². The van der Waals surface area contributed by atoms with Crippen LogP contribution in [-0.2, 0) is 59.5 Å². The Labute approximate surface area is 344 Å². The number of carbonyl (C=O) groups excluding carboxylic acids is 1. The molecule has 11 nitrogen and oxygen atoms in total. The van der Waals surface area contributed by atoms with Crippen LogP contribution in [0.4, 0.5) is 30.7 Å². The van der Waals surface area contributed by atoms with Crippen LogP contribution in [0.15, 0.2) is 65.8 Å². The summed E-state index contributed by atoms with van der Waals surface area (Å²) >= 11 is 0. The first kappa shape index (κ1) is 41.8. The predicted molar refractivity (Wildman–Crippen MR) is 206 cm³/mol. The van der Waals surface area contributed by atoms with Gasteiger partial charge in [0.2, 0.25) is 0 Å². The van der Waals surface area contributed by atoms with Crippen molar-refractivity contribution in [3.8, 4) is 23.0 Å². The molecule has 0 spiro atoms. The van der Waals surface area contributed by atoms with Crippen molar-refractivity contribution in [2.75, 3.05) is 0 Å². The highest BCUT2D eigenvalue weighted by atomic mass is 32.2. The van der Waals surface area contributed by atoms with Crippen molar-refractivity contribution < 1.29 is 49.1 Å². The number of halogens is 7. The number of aryl methyl sites for hydroxylation is 2. The number of sulfone groups is 1. The third-order valence-electron chi connectivity index (χ3n) is 10.8. The average molecular weight is 868 g/mol. The molecular formula is C42H36F7N7O4S. The number of benzene rings is 2. The molecular weight excluding hydrogens is 832 g/mol. The quantitative estimate of drug-likeness (QED) is 0.107. The van der Waals surface area contributed by atoms with E-state index in [1.807, 2.05) is 0 Å². The van der Waals surface area contributed by atoms with Crippen LogP contribution >= 0.6 is 0 Å². The van der Waals surface area contributed by atoms with Crippen LogP contribution < -0.4 is 0 Å². The molecule has 318 valence electrons. The van der Waals surface area contributed by atoms with Crippen molar-refractivity contribution in [1.82, 2.24) is 34.3 Å². The van der Waals surface area contributed by atoms with Gasteiger partial charge in [-0.1, -0.05) is 24.1 Å². The number of nitrogens with zero attached hydrogens (tertiary/aromatic N) is 7. The first-order valence-electron chi connectivity index (χ1n) is 19.0. The summed E-state index contributed by atoms with van der Waals surface area (Å²) < 4.78 is 133. The Balaban J connectivity index is 1.25. The second-order valence-corrected chi connectivity index (χ2v) is 18.1. The number of alkyl halides is 5. The van der Waals surface area contributed by atoms with Gasteiger partial charge in [0.25, 0.3) is 5.92 Å². The maximum atomic E-state index is 15.5. The smallest absolute Gasteiger partial charge is 0.378 e. The molecule has 0 radical (unpaired) electrons. The molecule has 6 aromatic rings. The number of hydrogen-bond acceptors (Lipinski definition) is 8. The molecule has 1 saturated carbocycles. The minimum atomic E-state index is -5.06. The summed E-state index contributed by atoms with van der Waals surface area (Å²) in [5.74, 6) is -4.90. The third kappa shape index (κ3) is 8.06. The van der Waals surface area contributed by atoms with E-state index >= 15 is 8.78 Å². The van der Waals surface area contributed by atoms with E-state index in [1.54, 1.807) is 38.4 Å². The van der Waals surface area contributed by atoms with Gasteiger partial charge in [-0.3, -0.25) is 18.8 Å². The Morgan fingerprint density at radius 2 is 1.75 bits per heavy atom. The number of ketones is 1. The third-order valence-corrected chi connectivity index (χ3v) is 12.4. The fourth-order valence-corrected chi connectivity index (χ4v) is 9.50. The molecule has 0 saturated heterocycles. The largest absolute Gasteiger partial charge is 0.435 e. The summed E-state index contributed by atoms with van der Waals surface area (Å²) in [6.45, 7) is 1.91. The Kier molecular flexibility index (Phi) is 10.0. The Morgan fingerprint density at radius 1 is 1.03 bits per heavy atom. The number of pyridine rings is 1. The number of aromatic nitrogens is 7. The van der Waals surface area contributed by atoms with Crippen molar-refractivity contribution in [2.45, 2.75) is 79.8 Å². The Bertz CT molecular complexity index is 2920. The molecule has 2 aliphatic carbocycles. The minimum absolute atomic E-state index is 0.0179. The molecule has 4 heterocycles. The number of carbonyl (C=O) groups is 1. The van der Waals surface area contributed by atoms with Crippen molar-refractivity contribution in [2.24, 2.45) is 20.0 Å². The van der Waals surface area contributed by atoms with Gasteiger partial charge in [-0.2, -0.15) is 37.2 Å². The van der Waals surface area contributed by atoms with Crippen LogP contribution in [0.1, 0.15) is 78.1 Å². The van der Waals surface area contributed by atoms with Crippen molar-refractivity contribution in [3.05, 3.63) is 112 Å². The average Bonchev–Trinajstić information content (AvgIpc) is 3.37. The van der Waals surface area contributed by atoms with E-state index in [9.17, 15) is 40.3 Å².